The highest BCUT2D eigenvalue weighted by atomic mass is 32.2. The zero-order chi connectivity index (χ0) is 18.0. The smallest absolute Gasteiger partial charge is 0.240 e. The van der Waals surface area contributed by atoms with Gasteiger partial charge in [-0.15, -0.1) is 11.3 Å². The molecular weight excluding hydrogens is 356 g/mol. The normalized spacial score (nSPS) is 11.5. The molecule has 0 aliphatic carbocycles. The predicted molar refractivity (Wildman–Crippen MR) is 101 cm³/mol. The quantitative estimate of drug-likeness (QED) is 0.742. The van der Waals surface area contributed by atoms with E-state index in [9.17, 15) is 8.42 Å². The molecule has 6 nitrogen and oxygen atoms in total. The lowest BCUT2D eigenvalue weighted by Crippen LogP contribution is -2.19. The first-order valence-corrected chi connectivity index (χ1v) is 9.88. The summed E-state index contributed by atoms with van der Waals surface area (Å²) in [5.41, 5.74) is 1.67. The number of sulfonamides is 1. The maximum absolute atomic E-state index is 11.8. The average Bonchev–Trinajstić information content (AvgIpc) is 3.08. The Bertz CT molecular complexity index is 982. The summed E-state index contributed by atoms with van der Waals surface area (Å²) in [5, 5.41) is 0. The standard InChI is InChI=1S/C17H18N4O2S2/c1-12-4-9-16(24-12)15-10-11-19-17(20-15)21(3)13-5-7-14(8-6-13)25(22,23)18-2/h4-11,18H,1-3H3. The molecule has 0 amide bonds. The van der Waals surface area contributed by atoms with Crippen LogP contribution in [0.15, 0.2) is 53.6 Å². The summed E-state index contributed by atoms with van der Waals surface area (Å²) in [6.07, 6.45) is 1.73. The summed E-state index contributed by atoms with van der Waals surface area (Å²) in [5.74, 6) is 0.549. The van der Waals surface area contributed by atoms with Gasteiger partial charge in [0.25, 0.3) is 0 Å². The molecule has 0 bridgehead atoms. The SMILES string of the molecule is CNS(=O)(=O)c1ccc(N(C)c2nccc(-c3ccc(C)s3)n2)cc1. The van der Waals surface area contributed by atoms with Gasteiger partial charge in [0.2, 0.25) is 16.0 Å². The largest absolute Gasteiger partial charge is 0.314 e. The molecule has 0 spiro atoms. The molecular formula is C17H18N4O2S2. The highest BCUT2D eigenvalue weighted by Gasteiger charge is 2.13. The van der Waals surface area contributed by atoms with Crippen molar-refractivity contribution < 1.29 is 8.42 Å². The number of thiophene rings is 1. The number of hydrogen-bond acceptors (Lipinski definition) is 6. The minimum Gasteiger partial charge on any atom is -0.314 e. The van der Waals surface area contributed by atoms with Crippen LogP contribution in [0.25, 0.3) is 10.6 Å². The number of hydrogen-bond donors (Lipinski definition) is 1. The van der Waals surface area contributed by atoms with Gasteiger partial charge >= 0.3 is 0 Å². The van der Waals surface area contributed by atoms with Gasteiger partial charge in [0.15, 0.2) is 0 Å². The van der Waals surface area contributed by atoms with Crippen molar-refractivity contribution in [2.24, 2.45) is 0 Å². The van der Waals surface area contributed by atoms with Crippen LogP contribution < -0.4 is 9.62 Å². The fourth-order valence-electron chi connectivity index (χ4n) is 2.30. The summed E-state index contributed by atoms with van der Waals surface area (Å²) in [4.78, 5) is 13.3. The molecule has 2 heterocycles. The van der Waals surface area contributed by atoms with Crippen molar-refractivity contribution >= 4 is 33.0 Å². The van der Waals surface area contributed by atoms with Gasteiger partial charge in [0.1, 0.15) is 0 Å². The highest BCUT2D eigenvalue weighted by Crippen LogP contribution is 2.28. The van der Waals surface area contributed by atoms with Crippen LogP contribution in [0.3, 0.4) is 0 Å². The Morgan fingerprint density at radius 3 is 2.40 bits per heavy atom. The molecule has 0 aliphatic heterocycles. The third-order valence-corrected chi connectivity index (χ3v) is 6.19. The van der Waals surface area contributed by atoms with Gasteiger partial charge in [0.05, 0.1) is 15.5 Å². The highest BCUT2D eigenvalue weighted by molar-refractivity contribution is 7.89. The summed E-state index contributed by atoms with van der Waals surface area (Å²) < 4.78 is 25.9. The number of aromatic nitrogens is 2. The lowest BCUT2D eigenvalue weighted by atomic mass is 10.3. The molecule has 3 rings (SSSR count). The van der Waals surface area contributed by atoms with Crippen LogP contribution in [0.4, 0.5) is 11.6 Å². The lowest BCUT2D eigenvalue weighted by Gasteiger charge is -2.17. The molecule has 0 aliphatic rings. The summed E-state index contributed by atoms with van der Waals surface area (Å²) in [7, 11) is -0.207. The van der Waals surface area contributed by atoms with E-state index in [0.29, 0.717) is 5.95 Å². The van der Waals surface area contributed by atoms with Crippen molar-refractivity contribution in [1.29, 1.82) is 0 Å². The molecule has 0 atom stereocenters. The van der Waals surface area contributed by atoms with E-state index in [4.69, 9.17) is 0 Å². The fourth-order valence-corrected chi connectivity index (χ4v) is 3.87. The maximum Gasteiger partial charge on any atom is 0.240 e. The Morgan fingerprint density at radius 1 is 1.08 bits per heavy atom. The van der Waals surface area contributed by atoms with Crippen molar-refractivity contribution in [3.63, 3.8) is 0 Å². The van der Waals surface area contributed by atoms with Gasteiger partial charge in [-0.1, -0.05) is 0 Å². The van der Waals surface area contributed by atoms with Gasteiger partial charge in [-0.2, -0.15) is 0 Å². The third kappa shape index (κ3) is 3.71. The predicted octanol–water partition coefficient (Wildman–Crippen LogP) is 3.19. The van der Waals surface area contributed by atoms with Gasteiger partial charge in [-0.05, 0) is 56.4 Å². The number of aryl methyl sites for hydroxylation is 1. The van der Waals surface area contributed by atoms with E-state index in [2.05, 4.69) is 27.7 Å². The molecule has 1 aromatic carbocycles. The number of nitrogens with one attached hydrogen (secondary N) is 1. The van der Waals surface area contributed by atoms with E-state index in [1.54, 1.807) is 41.8 Å². The van der Waals surface area contributed by atoms with E-state index in [1.165, 1.54) is 11.9 Å². The first kappa shape index (κ1) is 17.5. The fraction of sp³-hybridized carbons (Fsp3) is 0.176. The van der Waals surface area contributed by atoms with Crippen LogP contribution in [-0.4, -0.2) is 32.5 Å². The second-order valence-corrected chi connectivity index (χ2v) is 8.59. The van der Waals surface area contributed by atoms with Crippen molar-refractivity contribution in [1.82, 2.24) is 14.7 Å². The van der Waals surface area contributed by atoms with Crippen molar-refractivity contribution in [3.8, 4) is 10.6 Å². The topological polar surface area (TPSA) is 75.2 Å². The molecule has 8 heteroatoms. The minimum absolute atomic E-state index is 0.218. The Hall–Kier alpha value is -2.29. The van der Waals surface area contributed by atoms with E-state index < -0.39 is 10.0 Å². The first-order valence-electron chi connectivity index (χ1n) is 7.58. The number of nitrogens with zero attached hydrogens (tertiary/aromatic N) is 3. The molecule has 0 unspecified atom stereocenters. The third-order valence-electron chi connectivity index (χ3n) is 3.74. The first-order chi connectivity index (χ1) is 11.9. The van der Waals surface area contributed by atoms with Crippen LogP contribution >= 0.6 is 11.3 Å². The molecule has 2 aromatic heterocycles. The van der Waals surface area contributed by atoms with E-state index >= 15 is 0 Å². The number of benzene rings is 1. The maximum atomic E-state index is 11.8. The summed E-state index contributed by atoms with van der Waals surface area (Å²) in [6, 6.07) is 12.6. The number of rotatable bonds is 5. The van der Waals surface area contributed by atoms with Gasteiger partial charge < -0.3 is 4.90 Å². The summed E-state index contributed by atoms with van der Waals surface area (Å²) in [6.45, 7) is 2.06. The van der Waals surface area contributed by atoms with Crippen LogP contribution in [0.2, 0.25) is 0 Å². The van der Waals surface area contributed by atoms with Crippen LogP contribution in [0.5, 0.6) is 0 Å². The molecule has 0 radical (unpaired) electrons. The Balaban J connectivity index is 1.89. The van der Waals surface area contributed by atoms with Gasteiger partial charge in [-0.25, -0.2) is 23.1 Å². The second-order valence-electron chi connectivity index (χ2n) is 5.41. The molecule has 25 heavy (non-hydrogen) atoms. The Morgan fingerprint density at radius 2 is 1.80 bits per heavy atom. The van der Waals surface area contributed by atoms with Gasteiger partial charge in [-0.3, -0.25) is 0 Å². The summed E-state index contributed by atoms with van der Waals surface area (Å²) >= 11 is 1.68. The molecule has 3 aromatic rings. The van der Waals surface area contributed by atoms with E-state index in [0.717, 1.165) is 16.3 Å². The van der Waals surface area contributed by atoms with E-state index in [-0.39, 0.29) is 4.90 Å². The lowest BCUT2D eigenvalue weighted by molar-refractivity contribution is 0.588. The van der Waals surface area contributed by atoms with Crippen LogP contribution in [-0.2, 0) is 10.0 Å². The minimum atomic E-state index is -3.44. The van der Waals surface area contributed by atoms with Crippen LogP contribution in [0, 0.1) is 6.92 Å². The average molecular weight is 374 g/mol. The van der Waals surface area contributed by atoms with Crippen molar-refractivity contribution in [3.05, 3.63) is 53.5 Å². The van der Waals surface area contributed by atoms with Crippen molar-refractivity contribution in [2.75, 3.05) is 19.0 Å². The van der Waals surface area contributed by atoms with Crippen molar-refractivity contribution in [2.45, 2.75) is 11.8 Å². The Kier molecular flexibility index (Phi) is 4.85. The zero-order valence-electron chi connectivity index (χ0n) is 14.1. The van der Waals surface area contributed by atoms with Crippen LogP contribution in [0.1, 0.15) is 4.88 Å². The zero-order valence-corrected chi connectivity index (χ0v) is 15.7. The molecule has 0 saturated carbocycles. The molecule has 1 N–H and O–H groups in total. The molecule has 130 valence electrons. The monoisotopic (exact) mass is 374 g/mol. The Labute approximate surface area is 151 Å². The second kappa shape index (κ2) is 6.91. The number of anilines is 2. The molecule has 0 saturated heterocycles. The van der Waals surface area contributed by atoms with E-state index in [1.807, 2.05) is 24.1 Å². The van der Waals surface area contributed by atoms with Gasteiger partial charge in [0, 0.05) is 23.8 Å². The molecule has 0 fully saturated rings.